The largest absolute Gasteiger partial charge is 0.0999 e. The van der Waals surface area contributed by atoms with Crippen LogP contribution in [0.15, 0.2) is 12.2 Å². The topological polar surface area (TPSA) is 0 Å². The van der Waals surface area contributed by atoms with Gasteiger partial charge in [-0.05, 0) is 37.5 Å². The molecule has 0 radical (unpaired) electrons. The van der Waals surface area contributed by atoms with Gasteiger partial charge in [-0.15, -0.1) is 0 Å². The van der Waals surface area contributed by atoms with E-state index in [4.69, 9.17) is 0 Å². The van der Waals surface area contributed by atoms with E-state index in [2.05, 4.69) is 13.5 Å². The van der Waals surface area contributed by atoms with Crippen molar-refractivity contribution in [2.45, 2.75) is 45.4 Å². The second-order valence-electron chi connectivity index (χ2n) is 4.82. The maximum absolute atomic E-state index is 4.10. The number of fused-ring (bicyclic) bond motifs is 1. The van der Waals surface area contributed by atoms with Crippen LogP contribution < -0.4 is 0 Å². The monoisotopic (exact) mass is 164 g/mol. The van der Waals surface area contributed by atoms with Gasteiger partial charge in [0.15, 0.2) is 0 Å². The van der Waals surface area contributed by atoms with Gasteiger partial charge in [0.25, 0.3) is 0 Å². The zero-order chi connectivity index (χ0) is 8.55. The van der Waals surface area contributed by atoms with E-state index in [0.29, 0.717) is 0 Å². The van der Waals surface area contributed by atoms with Gasteiger partial charge in [-0.2, -0.15) is 0 Å². The van der Waals surface area contributed by atoms with Crippen LogP contribution in [0.5, 0.6) is 0 Å². The Bertz CT molecular complexity index is 166. The van der Waals surface area contributed by atoms with Crippen LogP contribution in [0, 0.1) is 17.8 Å². The van der Waals surface area contributed by atoms with Crippen LogP contribution in [0.3, 0.4) is 0 Å². The highest BCUT2D eigenvalue weighted by atomic mass is 14.4. The maximum Gasteiger partial charge on any atom is -0.0203 e. The van der Waals surface area contributed by atoms with E-state index < -0.39 is 0 Å². The Morgan fingerprint density at radius 3 is 2.00 bits per heavy atom. The molecule has 2 fully saturated rings. The molecular weight excluding hydrogens is 144 g/mol. The summed E-state index contributed by atoms with van der Waals surface area (Å²) < 4.78 is 0. The fourth-order valence-corrected chi connectivity index (χ4v) is 3.13. The Balaban J connectivity index is 1.98. The van der Waals surface area contributed by atoms with Crippen molar-refractivity contribution in [3.63, 3.8) is 0 Å². The minimum Gasteiger partial charge on any atom is -0.0999 e. The molecule has 2 unspecified atom stereocenters. The first-order chi connectivity index (χ1) is 5.77. The predicted octanol–water partition coefficient (Wildman–Crippen LogP) is 3.78. The Kier molecular flexibility index (Phi) is 2.25. The zero-order valence-electron chi connectivity index (χ0n) is 8.18. The molecule has 2 aliphatic rings. The summed E-state index contributed by atoms with van der Waals surface area (Å²) in [5.41, 5.74) is 1.43. The molecular formula is C12H20. The lowest BCUT2D eigenvalue weighted by molar-refractivity contribution is 0.277. The predicted molar refractivity (Wildman–Crippen MR) is 53.0 cm³/mol. The summed E-state index contributed by atoms with van der Waals surface area (Å²) in [6.07, 6.45) is 8.91. The van der Waals surface area contributed by atoms with Gasteiger partial charge in [-0.3, -0.25) is 0 Å². The molecule has 68 valence electrons. The molecule has 0 aliphatic heterocycles. The molecule has 0 aromatic carbocycles. The van der Waals surface area contributed by atoms with Crippen molar-refractivity contribution in [1.29, 1.82) is 0 Å². The summed E-state index contributed by atoms with van der Waals surface area (Å²) in [7, 11) is 0. The van der Waals surface area contributed by atoms with Crippen LogP contribution in [-0.2, 0) is 0 Å². The fraction of sp³-hybridized carbons (Fsp3) is 0.833. The zero-order valence-corrected chi connectivity index (χ0v) is 8.18. The molecule has 0 aromatic rings. The lowest BCUT2D eigenvalue weighted by atomic mass is 9.82. The third-order valence-corrected chi connectivity index (χ3v) is 3.94. The van der Waals surface area contributed by atoms with Gasteiger partial charge >= 0.3 is 0 Å². The molecule has 2 atom stereocenters. The Labute approximate surface area is 76.1 Å². The molecule has 2 rings (SSSR count). The van der Waals surface area contributed by atoms with E-state index in [1.807, 2.05) is 0 Å². The third kappa shape index (κ3) is 1.44. The van der Waals surface area contributed by atoms with Crippen molar-refractivity contribution in [2.24, 2.45) is 17.8 Å². The van der Waals surface area contributed by atoms with Crippen molar-refractivity contribution in [3.8, 4) is 0 Å². The highest BCUT2D eigenvalue weighted by Gasteiger charge is 2.35. The second kappa shape index (κ2) is 3.24. The Morgan fingerprint density at radius 1 is 1.08 bits per heavy atom. The molecule has 0 N–H and O–H groups in total. The minimum absolute atomic E-state index is 0.873. The SMILES string of the molecule is C=C(C)C1CC2CCCCC2C1. The van der Waals surface area contributed by atoms with Crippen molar-refractivity contribution in [2.75, 3.05) is 0 Å². The van der Waals surface area contributed by atoms with Crippen molar-refractivity contribution in [1.82, 2.24) is 0 Å². The number of allylic oxidation sites excluding steroid dienone is 1. The molecule has 0 spiro atoms. The van der Waals surface area contributed by atoms with Crippen LogP contribution in [0.25, 0.3) is 0 Å². The van der Waals surface area contributed by atoms with E-state index in [0.717, 1.165) is 17.8 Å². The maximum atomic E-state index is 4.10. The summed E-state index contributed by atoms with van der Waals surface area (Å²) in [6, 6.07) is 0. The highest BCUT2D eigenvalue weighted by molar-refractivity contribution is 5.02. The van der Waals surface area contributed by atoms with E-state index in [9.17, 15) is 0 Å². The third-order valence-electron chi connectivity index (χ3n) is 3.94. The van der Waals surface area contributed by atoms with Gasteiger partial charge in [-0.1, -0.05) is 37.8 Å². The van der Waals surface area contributed by atoms with Crippen LogP contribution in [0.2, 0.25) is 0 Å². The molecule has 0 heterocycles. The van der Waals surface area contributed by atoms with Gasteiger partial charge in [-0.25, -0.2) is 0 Å². The minimum atomic E-state index is 0.873. The summed E-state index contributed by atoms with van der Waals surface area (Å²) in [5.74, 6) is 3.01. The van der Waals surface area contributed by atoms with E-state index in [-0.39, 0.29) is 0 Å². The molecule has 0 aromatic heterocycles. The normalized spacial score (nSPS) is 40.9. The second-order valence-corrected chi connectivity index (χ2v) is 4.82. The Hall–Kier alpha value is -0.260. The molecule has 0 amide bonds. The molecule has 0 heteroatoms. The van der Waals surface area contributed by atoms with Gasteiger partial charge < -0.3 is 0 Å². The first-order valence-corrected chi connectivity index (χ1v) is 5.43. The van der Waals surface area contributed by atoms with E-state index >= 15 is 0 Å². The smallest absolute Gasteiger partial charge is 0.0203 e. The first-order valence-electron chi connectivity index (χ1n) is 5.43. The van der Waals surface area contributed by atoms with Crippen LogP contribution in [0.4, 0.5) is 0 Å². The highest BCUT2D eigenvalue weighted by Crippen LogP contribution is 2.46. The van der Waals surface area contributed by atoms with Crippen molar-refractivity contribution in [3.05, 3.63) is 12.2 Å². The average Bonchev–Trinajstić information content (AvgIpc) is 2.46. The fourth-order valence-electron chi connectivity index (χ4n) is 3.13. The lowest BCUT2D eigenvalue weighted by Crippen LogP contribution is -2.12. The quantitative estimate of drug-likeness (QED) is 0.517. The summed E-state index contributed by atoms with van der Waals surface area (Å²) >= 11 is 0. The molecule has 0 nitrogen and oxygen atoms in total. The van der Waals surface area contributed by atoms with Crippen molar-refractivity contribution < 1.29 is 0 Å². The number of hydrogen-bond donors (Lipinski definition) is 0. The molecule has 2 aliphatic carbocycles. The van der Waals surface area contributed by atoms with E-state index in [1.54, 1.807) is 0 Å². The van der Waals surface area contributed by atoms with Crippen molar-refractivity contribution >= 4 is 0 Å². The summed E-state index contributed by atoms with van der Waals surface area (Å²) in [5, 5.41) is 0. The average molecular weight is 164 g/mol. The van der Waals surface area contributed by atoms with Gasteiger partial charge in [0, 0.05) is 0 Å². The van der Waals surface area contributed by atoms with Crippen LogP contribution in [0.1, 0.15) is 45.4 Å². The Morgan fingerprint density at radius 2 is 1.58 bits per heavy atom. The van der Waals surface area contributed by atoms with Gasteiger partial charge in [0.05, 0.1) is 0 Å². The number of hydrogen-bond acceptors (Lipinski definition) is 0. The van der Waals surface area contributed by atoms with E-state index in [1.165, 1.54) is 44.1 Å². The molecule has 2 saturated carbocycles. The molecule has 0 bridgehead atoms. The van der Waals surface area contributed by atoms with Crippen LogP contribution in [-0.4, -0.2) is 0 Å². The van der Waals surface area contributed by atoms with Crippen LogP contribution >= 0.6 is 0 Å². The lowest BCUT2D eigenvalue weighted by Gasteiger charge is -2.24. The standard InChI is InChI=1S/C12H20/c1-9(2)12-7-10-5-3-4-6-11(10)8-12/h10-12H,1,3-8H2,2H3. The molecule has 0 saturated heterocycles. The summed E-state index contributed by atoms with van der Waals surface area (Å²) in [4.78, 5) is 0. The number of rotatable bonds is 1. The van der Waals surface area contributed by atoms with Gasteiger partial charge in [0.2, 0.25) is 0 Å². The van der Waals surface area contributed by atoms with Gasteiger partial charge in [0.1, 0.15) is 0 Å². The summed E-state index contributed by atoms with van der Waals surface area (Å²) in [6.45, 7) is 6.31. The molecule has 12 heavy (non-hydrogen) atoms. The first kappa shape index (κ1) is 8.34.